The maximum atomic E-state index is 11.9. The first kappa shape index (κ1) is 12.3. The Labute approximate surface area is 105 Å². The van der Waals surface area contributed by atoms with Gasteiger partial charge in [0.2, 0.25) is 17.7 Å². The number of hydrogen-bond donors (Lipinski definition) is 1. The van der Waals surface area contributed by atoms with Crippen LogP contribution >= 0.6 is 0 Å². The molecule has 1 saturated heterocycles. The van der Waals surface area contributed by atoms with Crippen LogP contribution in [0, 0.1) is 0 Å². The fourth-order valence-corrected chi connectivity index (χ4v) is 1.94. The molecule has 6 heteroatoms. The molecule has 1 aromatic rings. The van der Waals surface area contributed by atoms with Crippen LogP contribution in [0.1, 0.15) is 12.5 Å². The summed E-state index contributed by atoms with van der Waals surface area (Å²) in [5.74, 6) is 0.231. The Morgan fingerprint density at radius 2 is 2.33 bits per heavy atom. The fourth-order valence-electron chi connectivity index (χ4n) is 1.94. The Morgan fingerprint density at radius 1 is 1.56 bits per heavy atom. The van der Waals surface area contributed by atoms with Crippen molar-refractivity contribution in [2.75, 3.05) is 13.7 Å². The second kappa shape index (κ2) is 5.03. The minimum Gasteiger partial charge on any atom is -0.481 e. The van der Waals surface area contributed by atoms with Gasteiger partial charge in [-0.3, -0.25) is 9.59 Å². The number of nitrogens with one attached hydrogen (secondary N) is 1. The van der Waals surface area contributed by atoms with E-state index in [2.05, 4.69) is 10.3 Å². The van der Waals surface area contributed by atoms with Crippen molar-refractivity contribution >= 4 is 11.8 Å². The highest BCUT2D eigenvalue weighted by Gasteiger charge is 2.29. The lowest BCUT2D eigenvalue weighted by Gasteiger charge is -2.30. The van der Waals surface area contributed by atoms with Crippen molar-refractivity contribution in [3.8, 4) is 5.88 Å². The van der Waals surface area contributed by atoms with E-state index in [4.69, 9.17) is 4.74 Å². The van der Waals surface area contributed by atoms with Crippen molar-refractivity contribution in [1.82, 2.24) is 15.2 Å². The van der Waals surface area contributed by atoms with Crippen LogP contribution < -0.4 is 10.1 Å². The fraction of sp³-hybridized carbons (Fsp3) is 0.417. The van der Waals surface area contributed by atoms with Crippen LogP contribution in [0.15, 0.2) is 18.3 Å². The average molecular weight is 249 g/mol. The van der Waals surface area contributed by atoms with Crippen LogP contribution in [-0.2, 0) is 16.1 Å². The van der Waals surface area contributed by atoms with Gasteiger partial charge < -0.3 is 15.0 Å². The Morgan fingerprint density at radius 3 is 3.06 bits per heavy atom. The number of carbonyl (C=O) groups excluding carboxylic acids is 2. The average Bonchev–Trinajstić information content (AvgIpc) is 2.36. The van der Waals surface area contributed by atoms with Gasteiger partial charge in [-0.1, -0.05) is 6.07 Å². The summed E-state index contributed by atoms with van der Waals surface area (Å²) in [6.45, 7) is 2.07. The van der Waals surface area contributed by atoms with E-state index < -0.39 is 6.04 Å². The zero-order chi connectivity index (χ0) is 13.1. The van der Waals surface area contributed by atoms with E-state index in [1.165, 1.54) is 12.0 Å². The molecule has 2 heterocycles. The van der Waals surface area contributed by atoms with Gasteiger partial charge in [-0.05, 0) is 13.0 Å². The highest BCUT2D eigenvalue weighted by Crippen LogP contribution is 2.17. The SMILES string of the molecule is COc1ncccc1CN1CC(=O)NC(C)C1=O. The van der Waals surface area contributed by atoms with Gasteiger partial charge >= 0.3 is 0 Å². The number of piperazine rings is 1. The molecule has 0 aliphatic carbocycles. The van der Waals surface area contributed by atoms with E-state index >= 15 is 0 Å². The van der Waals surface area contributed by atoms with E-state index in [0.29, 0.717) is 12.4 Å². The van der Waals surface area contributed by atoms with Crippen molar-refractivity contribution in [1.29, 1.82) is 0 Å². The van der Waals surface area contributed by atoms with Gasteiger partial charge in [0.05, 0.1) is 20.2 Å². The summed E-state index contributed by atoms with van der Waals surface area (Å²) >= 11 is 0. The molecular formula is C12H15N3O3. The molecule has 2 rings (SSSR count). The normalized spacial score (nSPS) is 19.7. The molecule has 0 saturated carbocycles. The van der Waals surface area contributed by atoms with Gasteiger partial charge in [0, 0.05) is 11.8 Å². The number of rotatable bonds is 3. The van der Waals surface area contributed by atoms with Gasteiger partial charge in [0.1, 0.15) is 6.04 Å². The number of aromatic nitrogens is 1. The maximum Gasteiger partial charge on any atom is 0.245 e. The molecule has 0 spiro atoms. The number of pyridine rings is 1. The van der Waals surface area contributed by atoms with Crippen LogP contribution in [0.25, 0.3) is 0 Å². The molecule has 1 atom stereocenters. The highest BCUT2D eigenvalue weighted by atomic mass is 16.5. The first-order valence-electron chi connectivity index (χ1n) is 5.68. The minimum atomic E-state index is -0.478. The molecule has 96 valence electrons. The second-order valence-electron chi connectivity index (χ2n) is 4.16. The summed E-state index contributed by atoms with van der Waals surface area (Å²) in [6.07, 6.45) is 1.62. The standard InChI is InChI=1S/C12H15N3O3/c1-8-12(17)15(7-10(16)14-8)6-9-4-3-5-13-11(9)18-2/h3-5,8H,6-7H2,1-2H3,(H,14,16). The Hall–Kier alpha value is -2.11. The second-order valence-corrected chi connectivity index (χ2v) is 4.16. The number of amides is 2. The maximum absolute atomic E-state index is 11.9. The molecular weight excluding hydrogens is 234 g/mol. The molecule has 0 radical (unpaired) electrons. The van der Waals surface area contributed by atoms with E-state index in [0.717, 1.165) is 5.56 Å². The number of hydrogen-bond acceptors (Lipinski definition) is 4. The van der Waals surface area contributed by atoms with Crippen LogP contribution in [0.3, 0.4) is 0 Å². The highest BCUT2D eigenvalue weighted by molar-refractivity contribution is 5.94. The summed E-state index contributed by atoms with van der Waals surface area (Å²) in [5.41, 5.74) is 0.787. The zero-order valence-electron chi connectivity index (χ0n) is 10.3. The lowest BCUT2D eigenvalue weighted by atomic mass is 10.2. The van der Waals surface area contributed by atoms with E-state index in [1.54, 1.807) is 19.2 Å². The molecule has 1 aromatic heterocycles. The molecule has 0 bridgehead atoms. The quantitative estimate of drug-likeness (QED) is 0.814. The predicted molar refractivity (Wildman–Crippen MR) is 63.8 cm³/mol. The van der Waals surface area contributed by atoms with Crippen LogP contribution in [-0.4, -0.2) is 41.4 Å². The van der Waals surface area contributed by atoms with E-state index in [1.807, 2.05) is 6.07 Å². The summed E-state index contributed by atoms with van der Waals surface area (Å²) in [5, 5.41) is 2.60. The third-order valence-corrected chi connectivity index (χ3v) is 2.80. The number of methoxy groups -OCH3 is 1. The Balaban J connectivity index is 2.17. The lowest BCUT2D eigenvalue weighted by molar-refractivity contribution is -0.144. The van der Waals surface area contributed by atoms with E-state index in [-0.39, 0.29) is 18.4 Å². The van der Waals surface area contributed by atoms with Gasteiger partial charge in [0.25, 0.3) is 0 Å². The van der Waals surface area contributed by atoms with Crippen molar-refractivity contribution < 1.29 is 14.3 Å². The monoisotopic (exact) mass is 249 g/mol. The molecule has 1 N–H and O–H groups in total. The molecule has 1 aliphatic rings. The molecule has 1 fully saturated rings. The predicted octanol–water partition coefficient (Wildman–Crippen LogP) is -0.0629. The van der Waals surface area contributed by atoms with Crippen molar-refractivity contribution in [3.63, 3.8) is 0 Å². The lowest BCUT2D eigenvalue weighted by Crippen LogP contribution is -2.56. The van der Waals surface area contributed by atoms with Gasteiger partial charge in [-0.2, -0.15) is 0 Å². The van der Waals surface area contributed by atoms with Crippen LogP contribution in [0.5, 0.6) is 5.88 Å². The van der Waals surface area contributed by atoms with E-state index in [9.17, 15) is 9.59 Å². The Bertz CT molecular complexity index is 475. The Kier molecular flexibility index (Phi) is 3.45. The van der Waals surface area contributed by atoms with Gasteiger partial charge in [-0.15, -0.1) is 0 Å². The molecule has 1 unspecified atom stereocenters. The van der Waals surface area contributed by atoms with Crippen LogP contribution in [0.2, 0.25) is 0 Å². The van der Waals surface area contributed by atoms with Gasteiger partial charge in [-0.25, -0.2) is 4.98 Å². The largest absolute Gasteiger partial charge is 0.481 e. The third kappa shape index (κ3) is 2.42. The zero-order valence-corrected chi connectivity index (χ0v) is 10.3. The van der Waals surface area contributed by atoms with Crippen LogP contribution in [0.4, 0.5) is 0 Å². The summed E-state index contributed by atoms with van der Waals surface area (Å²) in [4.78, 5) is 28.9. The molecule has 6 nitrogen and oxygen atoms in total. The number of nitrogens with zero attached hydrogens (tertiary/aromatic N) is 2. The topological polar surface area (TPSA) is 71.5 Å². The number of ether oxygens (including phenoxy) is 1. The molecule has 2 amide bonds. The minimum absolute atomic E-state index is 0.0707. The number of carbonyl (C=O) groups is 2. The molecule has 0 aromatic carbocycles. The van der Waals surface area contributed by atoms with Gasteiger partial charge in [0.15, 0.2) is 0 Å². The van der Waals surface area contributed by atoms with Crippen molar-refractivity contribution in [2.45, 2.75) is 19.5 Å². The summed E-state index contributed by atoms with van der Waals surface area (Å²) in [6, 6.07) is 3.13. The van der Waals surface area contributed by atoms with Crippen molar-refractivity contribution in [2.24, 2.45) is 0 Å². The third-order valence-electron chi connectivity index (χ3n) is 2.80. The molecule has 18 heavy (non-hydrogen) atoms. The first-order valence-corrected chi connectivity index (χ1v) is 5.68. The summed E-state index contributed by atoms with van der Waals surface area (Å²) in [7, 11) is 1.53. The summed E-state index contributed by atoms with van der Waals surface area (Å²) < 4.78 is 5.13. The molecule has 1 aliphatic heterocycles. The van der Waals surface area contributed by atoms with Crippen molar-refractivity contribution in [3.05, 3.63) is 23.9 Å². The smallest absolute Gasteiger partial charge is 0.245 e. The first-order chi connectivity index (χ1) is 8.61.